The van der Waals surface area contributed by atoms with Crippen molar-refractivity contribution in [3.63, 3.8) is 0 Å². The van der Waals surface area contributed by atoms with Gasteiger partial charge in [-0.15, -0.1) is 0 Å². The maximum Gasteiger partial charge on any atom is 0.472 e. The molecule has 1 unspecified atom stereocenters. The van der Waals surface area contributed by atoms with Crippen LogP contribution in [0.5, 0.6) is 0 Å². The number of esters is 2. The molecule has 15 nitrogen and oxygen atoms in total. The highest BCUT2D eigenvalue weighted by atomic mass is 31.2. The molecule has 0 radical (unpaired) electrons. The molecule has 6 N–H and O–H groups in total. The fourth-order valence-corrected chi connectivity index (χ4v) is 7.18. The highest BCUT2D eigenvalue weighted by Gasteiger charge is 2.28. The minimum absolute atomic E-state index is 0.0648. The van der Waals surface area contributed by atoms with Gasteiger partial charge < -0.3 is 39.5 Å². The lowest BCUT2D eigenvalue weighted by Gasteiger charge is -2.20. The molecule has 0 fully saturated rings. The number of aliphatic hydroxyl groups excluding tert-OH is 3. The number of unbranched alkanes of at least 4 members (excludes halogenated alkanes) is 15. The second kappa shape index (κ2) is 39.4. The Morgan fingerprint density at radius 1 is 0.565 bits per heavy atom. The molecule has 62 heavy (non-hydrogen) atoms. The molecule has 17 heteroatoms. The van der Waals surface area contributed by atoms with Gasteiger partial charge in [0.25, 0.3) is 0 Å². The number of aliphatic hydroxyl groups is 3. The Labute approximate surface area is 372 Å². The van der Waals surface area contributed by atoms with Crippen molar-refractivity contribution in [3.05, 3.63) is 48.6 Å². The van der Waals surface area contributed by atoms with Crippen molar-refractivity contribution in [2.24, 2.45) is 5.92 Å². The van der Waals surface area contributed by atoms with Gasteiger partial charge in [-0.25, -0.2) is 9.13 Å². The van der Waals surface area contributed by atoms with Gasteiger partial charge in [-0.2, -0.15) is 0 Å². The predicted molar refractivity (Wildman–Crippen MR) is 242 cm³/mol. The fraction of sp³-hybridized carbons (Fsp3) is 0.778. The summed E-state index contributed by atoms with van der Waals surface area (Å²) in [6.45, 7) is 3.74. The molecular weight excluding hydrogens is 842 g/mol. The number of rotatable bonds is 42. The molecule has 0 aliphatic carbocycles. The third-order valence-corrected chi connectivity index (χ3v) is 11.0. The van der Waals surface area contributed by atoms with E-state index in [0.29, 0.717) is 12.8 Å². The summed E-state index contributed by atoms with van der Waals surface area (Å²) in [6.07, 6.45) is 31.6. The normalized spacial score (nSPS) is 15.5. The first kappa shape index (κ1) is 60.0. The Morgan fingerprint density at radius 2 is 1.10 bits per heavy atom. The lowest BCUT2D eigenvalue weighted by atomic mass is 10.0. The maximum absolute atomic E-state index is 12.7. The van der Waals surface area contributed by atoms with E-state index in [9.17, 15) is 38.9 Å². The van der Waals surface area contributed by atoms with Crippen LogP contribution in [0, 0.1) is 5.92 Å². The second-order valence-corrected chi connectivity index (χ2v) is 18.9. The number of carbonyl (C=O) groups excluding carboxylic acids is 2. The largest absolute Gasteiger partial charge is 0.472 e. The molecule has 362 valence electrons. The highest BCUT2D eigenvalue weighted by Crippen LogP contribution is 2.43. The predicted octanol–water partition coefficient (Wildman–Crippen LogP) is 9.64. The third-order valence-electron chi connectivity index (χ3n) is 9.58. The number of hydrogen-bond donors (Lipinski definition) is 6. The van der Waals surface area contributed by atoms with Gasteiger partial charge in [0.1, 0.15) is 12.7 Å². The summed E-state index contributed by atoms with van der Waals surface area (Å²) in [5, 5.41) is 30.0. The average Bonchev–Trinajstić information content (AvgIpc) is 3.21. The lowest BCUT2D eigenvalue weighted by molar-refractivity contribution is -0.161. The van der Waals surface area contributed by atoms with E-state index in [1.807, 2.05) is 6.08 Å². The summed E-state index contributed by atoms with van der Waals surface area (Å²) >= 11 is 0. The van der Waals surface area contributed by atoms with Gasteiger partial charge in [0.05, 0.1) is 32.0 Å². The zero-order valence-electron chi connectivity index (χ0n) is 37.8. The zero-order chi connectivity index (χ0) is 46.3. The molecule has 0 rings (SSSR count). The number of phosphoric ester groups is 2. The lowest BCUT2D eigenvalue weighted by Crippen LogP contribution is -2.30. The zero-order valence-corrected chi connectivity index (χ0v) is 39.6. The molecule has 0 saturated heterocycles. The van der Waals surface area contributed by atoms with Crippen LogP contribution in [0.3, 0.4) is 0 Å². The topological polar surface area (TPSA) is 236 Å². The molecule has 0 spiro atoms. The first-order valence-electron chi connectivity index (χ1n) is 22.9. The molecule has 0 amide bonds. The fourth-order valence-electron chi connectivity index (χ4n) is 6.02. The van der Waals surface area contributed by atoms with Crippen LogP contribution in [0.1, 0.15) is 168 Å². The Bertz CT molecular complexity index is 1330. The van der Waals surface area contributed by atoms with Crippen LogP contribution in [0.25, 0.3) is 0 Å². The summed E-state index contributed by atoms with van der Waals surface area (Å²) in [5.41, 5.74) is 0. The van der Waals surface area contributed by atoms with E-state index < -0.39 is 78.4 Å². The van der Waals surface area contributed by atoms with Crippen LogP contribution in [-0.4, -0.2) is 92.8 Å². The van der Waals surface area contributed by atoms with E-state index in [-0.39, 0.29) is 25.7 Å². The van der Waals surface area contributed by atoms with Crippen molar-refractivity contribution in [2.75, 3.05) is 26.4 Å². The molecular formula is C45H82O15P2. The summed E-state index contributed by atoms with van der Waals surface area (Å²) in [5.74, 6) is -0.482. The Balaban J connectivity index is 4.72. The van der Waals surface area contributed by atoms with Crippen molar-refractivity contribution < 1.29 is 71.8 Å². The number of phosphoric acid groups is 2. The van der Waals surface area contributed by atoms with Gasteiger partial charge in [0.2, 0.25) is 0 Å². The van der Waals surface area contributed by atoms with Gasteiger partial charge in [-0.3, -0.25) is 23.2 Å². The smallest absolute Gasteiger partial charge is 0.462 e. The number of allylic oxidation sites excluding steroid dienone is 5. The van der Waals surface area contributed by atoms with E-state index in [0.717, 1.165) is 44.4 Å². The molecule has 0 heterocycles. The summed E-state index contributed by atoms with van der Waals surface area (Å²) in [7, 11) is -9.76. The SMILES string of the molecule is CCCCC/C=C\C[C@@H](O)/C=C/C=C/C=C\[C@@H](O)CCCC(=O)OC[C@H](COP(=O)(O)OC[C@@H](O)COP(=O)(O)O)OC(=O)CCCCCCCCCCCCCCCC(C)C. The van der Waals surface area contributed by atoms with Gasteiger partial charge in [-0.05, 0) is 44.4 Å². The molecule has 0 bridgehead atoms. The van der Waals surface area contributed by atoms with Crippen LogP contribution >= 0.6 is 15.6 Å². The van der Waals surface area contributed by atoms with Crippen molar-refractivity contribution in [3.8, 4) is 0 Å². The molecule has 0 aliphatic rings. The minimum Gasteiger partial charge on any atom is -0.462 e. The molecule has 0 saturated carbocycles. The Kier molecular flexibility index (Phi) is 38.1. The van der Waals surface area contributed by atoms with E-state index in [1.54, 1.807) is 36.5 Å². The second-order valence-electron chi connectivity index (χ2n) is 16.2. The van der Waals surface area contributed by atoms with Crippen LogP contribution in [0.15, 0.2) is 48.6 Å². The molecule has 0 aromatic rings. The van der Waals surface area contributed by atoms with Crippen molar-refractivity contribution >= 4 is 27.6 Å². The quantitative estimate of drug-likeness (QED) is 0.0110. The van der Waals surface area contributed by atoms with E-state index in [2.05, 4.69) is 35.9 Å². The van der Waals surface area contributed by atoms with Gasteiger partial charge >= 0.3 is 27.6 Å². The molecule has 0 aromatic heterocycles. The average molecular weight is 925 g/mol. The number of carbonyl (C=O) groups is 2. The van der Waals surface area contributed by atoms with Crippen LogP contribution in [0.2, 0.25) is 0 Å². The molecule has 0 aromatic carbocycles. The molecule has 0 aliphatic heterocycles. The van der Waals surface area contributed by atoms with E-state index in [4.69, 9.17) is 23.8 Å². The van der Waals surface area contributed by atoms with Crippen molar-refractivity contribution in [1.82, 2.24) is 0 Å². The van der Waals surface area contributed by atoms with Crippen LogP contribution in [0.4, 0.5) is 0 Å². The maximum atomic E-state index is 12.7. The first-order chi connectivity index (χ1) is 29.5. The van der Waals surface area contributed by atoms with Gasteiger partial charge in [-0.1, -0.05) is 166 Å². The first-order valence-corrected chi connectivity index (χ1v) is 25.9. The van der Waals surface area contributed by atoms with Gasteiger partial charge in [0.15, 0.2) is 6.10 Å². The van der Waals surface area contributed by atoms with Crippen LogP contribution < -0.4 is 0 Å². The Hall–Kier alpha value is -2.00. The number of hydrogen-bond acceptors (Lipinski definition) is 12. The van der Waals surface area contributed by atoms with E-state index in [1.165, 1.54) is 70.6 Å². The van der Waals surface area contributed by atoms with E-state index >= 15 is 0 Å². The van der Waals surface area contributed by atoms with Crippen molar-refractivity contribution in [2.45, 2.75) is 193 Å². The highest BCUT2D eigenvalue weighted by molar-refractivity contribution is 7.47. The summed E-state index contributed by atoms with van der Waals surface area (Å²) in [6, 6.07) is 0. The Morgan fingerprint density at radius 3 is 1.68 bits per heavy atom. The van der Waals surface area contributed by atoms with Crippen molar-refractivity contribution in [1.29, 1.82) is 0 Å². The summed E-state index contributed by atoms with van der Waals surface area (Å²) in [4.78, 5) is 52.8. The number of ether oxygens (including phenoxy) is 2. The third kappa shape index (κ3) is 43.3. The van der Waals surface area contributed by atoms with Gasteiger partial charge in [0, 0.05) is 12.8 Å². The van der Waals surface area contributed by atoms with Crippen LogP contribution in [-0.2, 0) is 41.8 Å². The monoisotopic (exact) mass is 925 g/mol. The summed E-state index contributed by atoms with van der Waals surface area (Å²) < 4.78 is 47.6. The standard InChI is InChI=1S/C45H82O15P2/c1-4-5-6-7-18-23-29-40(46)30-24-20-21-25-31-41(47)32-27-34-44(49)56-37-43(38-59-62(54,55)58-36-42(48)35-57-61(51,52)53)60-45(50)33-26-19-16-14-12-10-8-9-11-13-15-17-22-28-39(2)3/h18,20-21,23-25,30-31,39-43,46-48H,4-17,19,22,26-29,32-38H2,1-3H3,(H,54,55)(H2,51,52,53)/b21-20+,23-18-,30-24+,31-25-/t40-,41-,42+,43-/m1/s1. The minimum atomic E-state index is -4.89. The molecule has 5 atom stereocenters.